The molecule has 3 rings (SSSR count). The van der Waals surface area contributed by atoms with Crippen molar-refractivity contribution in [2.45, 2.75) is 26.7 Å². The van der Waals surface area contributed by atoms with Gasteiger partial charge in [0.25, 0.3) is 0 Å². The van der Waals surface area contributed by atoms with E-state index in [1.165, 1.54) is 0 Å². The van der Waals surface area contributed by atoms with E-state index < -0.39 is 0 Å². The molecular formula is C20H23N3O2. The molecule has 0 bridgehead atoms. The summed E-state index contributed by atoms with van der Waals surface area (Å²) in [5, 5.41) is 2.95. The van der Waals surface area contributed by atoms with Gasteiger partial charge in [0, 0.05) is 36.1 Å². The number of aromatic nitrogens is 1. The highest BCUT2D eigenvalue weighted by molar-refractivity contribution is 6.15. The lowest BCUT2D eigenvalue weighted by Gasteiger charge is -2.17. The number of ether oxygens (including phenoxy) is 1. The van der Waals surface area contributed by atoms with Crippen LogP contribution in [-0.4, -0.2) is 24.4 Å². The predicted molar refractivity (Wildman–Crippen MR) is 103 cm³/mol. The lowest BCUT2D eigenvalue weighted by Crippen LogP contribution is -2.12. The Morgan fingerprint density at radius 1 is 1.24 bits per heavy atom. The van der Waals surface area contributed by atoms with Gasteiger partial charge >= 0.3 is 0 Å². The van der Waals surface area contributed by atoms with Crippen LogP contribution in [0.1, 0.15) is 37.8 Å². The highest BCUT2D eigenvalue weighted by Crippen LogP contribution is 2.29. The van der Waals surface area contributed by atoms with Gasteiger partial charge in [0.15, 0.2) is 0 Å². The average Bonchev–Trinajstić information content (AvgIpc) is 2.71. The second-order valence-electron chi connectivity index (χ2n) is 5.26. The van der Waals surface area contributed by atoms with E-state index in [0.717, 1.165) is 41.8 Å². The molecule has 0 aliphatic carbocycles. The summed E-state index contributed by atoms with van der Waals surface area (Å²) >= 11 is 0. The molecule has 130 valence electrons. The molecule has 2 aromatic rings. The molecule has 2 heterocycles. The highest BCUT2D eigenvalue weighted by atomic mass is 16.5. The van der Waals surface area contributed by atoms with Crippen molar-refractivity contribution in [3.8, 4) is 5.75 Å². The Hall–Kier alpha value is -2.82. The van der Waals surface area contributed by atoms with Gasteiger partial charge < -0.3 is 4.74 Å². The molecule has 0 amide bonds. The number of methoxy groups -OCH3 is 1. The summed E-state index contributed by atoms with van der Waals surface area (Å²) in [6, 6.07) is 9.10. The zero-order chi connectivity index (χ0) is 18.1. The van der Waals surface area contributed by atoms with Crippen molar-refractivity contribution in [2.24, 2.45) is 10.2 Å². The van der Waals surface area contributed by atoms with E-state index in [2.05, 4.69) is 21.2 Å². The number of pyridine rings is 1. The van der Waals surface area contributed by atoms with Gasteiger partial charge in [0.2, 0.25) is 0 Å². The summed E-state index contributed by atoms with van der Waals surface area (Å²) in [5.41, 5.74) is 4.41. The Morgan fingerprint density at radius 3 is 2.76 bits per heavy atom. The lowest BCUT2D eigenvalue weighted by atomic mass is 9.94. The second kappa shape index (κ2) is 9.47. The predicted octanol–water partition coefficient (Wildman–Crippen LogP) is 5.18. The molecule has 0 radical (unpaired) electrons. The van der Waals surface area contributed by atoms with Gasteiger partial charge in [0.1, 0.15) is 11.4 Å². The van der Waals surface area contributed by atoms with Crippen LogP contribution >= 0.6 is 0 Å². The Balaban J connectivity index is 0.00000109. The fourth-order valence-corrected chi connectivity index (χ4v) is 2.66. The van der Waals surface area contributed by atoms with Gasteiger partial charge in [-0.3, -0.25) is 9.98 Å². The number of benzene rings is 1. The summed E-state index contributed by atoms with van der Waals surface area (Å²) in [4.78, 5) is 19.5. The maximum absolute atomic E-state index is 10.7. The topological polar surface area (TPSA) is 63.9 Å². The summed E-state index contributed by atoms with van der Waals surface area (Å²) in [6.07, 6.45) is 7.62. The molecule has 0 N–H and O–H groups in total. The van der Waals surface area contributed by atoms with Crippen LogP contribution in [0.2, 0.25) is 0 Å². The van der Waals surface area contributed by atoms with Crippen molar-refractivity contribution < 1.29 is 4.74 Å². The van der Waals surface area contributed by atoms with Crippen LogP contribution in [0.4, 0.5) is 5.69 Å². The minimum Gasteiger partial charge on any atom is -0.496 e. The van der Waals surface area contributed by atoms with E-state index in [9.17, 15) is 4.91 Å². The Morgan fingerprint density at radius 2 is 2.08 bits per heavy atom. The van der Waals surface area contributed by atoms with Gasteiger partial charge in [0.05, 0.1) is 12.8 Å². The van der Waals surface area contributed by atoms with Gasteiger partial charge in [-0.15, -0.1) is 4.91 Å². The highest BCUT2D eigenvalue weighted by Gasteiger charge is 2.15. The first-order valence-electron chi connectivity index (χ1n) is 8.49. The number of hydrogen-bond acceptors (Lipinski definition) is 5. The van der Waals surface area contributed by atoms with Crippen LogP contribution in [-0.2, 0) is 0 Å². The first-order chi connectivity index (χ1) is 12.3. The molecule has 1 aromatic carbocycles. The number of nitrogens with zero attached hydrogens (tertiary/aromatic N) is 3. The zero-order valence-corrected chi connectivity index (χ0v) is 14.9. The molecule has 5 nitrogen and oxygen atoms in total. The monoisotopic (exact) mass is 337 g/mol. The van der Waals surface area contributed by atoms with Crippen LogP contribution in [0.25, 0.3) is 6.08 Å². The quantitative estimate of drug-likeness (QED) is 0.722. The standard InChI is InChI=1S/C18H17N3O2.C2H6/c1-23-17-11-16(21-22)7-6-13(17)10-14-4-3-9-20-18(14)15-5-2-8-19-12-15;1-2/h2,5-8,10-12H,3-4,9H2,1H3;1-2H3/b14-10+;. The van der Waals surface area contributed by atoms with Crippen molar-refractivity contribution in [2.75, 3.05) is 13.7 Å². The first-order valence-corrected chi connectivity index (χ1v) is 8.49. The second-order valence-corrected chi connectivity index (χ2v) is 5.26. The van der Waals surface area contributed by atoms with Crippen LogP contribution in [0.3, 0.4) is 0 Å². The van der Waals surface area contributed by atoms with Gasteiger partial charge in [-0.2, -0.15) is 0 Å². The lowest BCUT2D eigenvalue weighted by molar-refractivity contribution is 0.414. The minimum atomic E-state index is 0.355. The summed E-state index contributed by atoms with van der Waals surface area (Å²) in [6.45, 7) is 4.83. The SMILES string of the molecule is CC.COc1cc(N=O)ccc1/C=C1\CCCN=C1c1cccnc1. The first kappa shape index (κ1) is 18.5. The normalized spacial score (nSPS) is 15.0. The largest absolute Gasteiger partial charge is 0.496 e. The Kier molecular flexibility index (Phi) is 7.01. The molecule has 0 saturated carbocycles. The molecular weight excluding hydrogens is 314 g/mol. The third-order valence-corrected chi connectivity index (χ3v) is 3.77. The Labute approximate surface area is 148 Å². The van der Waals surface area contributed by atoms with Crippen molar-refractivity contribution in [3.05, 3.63) is 64.3 Å². The van der Waals surface area contributed by atoms with E-state index in [4.69, 9.17) is 4.74 Å². The third-order valence-electron chi connectivity index (χ3n) is 3.77. The molecule has 0 fully saturated rings. The molecule has 1 aliphatic heterocycles. The van der Waals surface area contributed by atoms with Crippen LogP contribution in [0.15, 0.2) is 58.5 Å². The number of aliphatic imine (C=N–C) groups is 1. The molecule has 0 unspecified atom stereocenters. The maximum Gasteiger partial charge on any atom is 0.128 e. The van der Waals surface area contributed by atoms with Crippen LogP contribution in [0, 0.1) is 4.91 Å². The molecule has 5 heteroatoms. The summed E-state index contributed by atoms with van der Waals surface area (Å²) in [5.74, 6) is 0.630. The van der Waals surface area contributed by atoms with Crippen LogP contribution in [0.5, 0.6) is 5.75 Å². The van der Waals surface area contributed by atoms with Crippen molar-refractivity contribution >= 4 is 17.5 Å². The van der Waals surface area contributed by atoms with Gasteiger partial charge in [-0.25, -0.2) is 0 Å². The number of nitroso groups, excluding NO2 is 1. The van der Waals surface area contributed by atoms with E-state index >= 15 is 0 Å². The van der Waals surface area contributed by atoms with Crippen LogP contribution < -0.4 is 4.74 Å². The van der Waals surface area contributed by atoms with E-state index in [1.807, 2.05) is 38.2 Å². The summed E-state index contributed by atoms with van der Waals surface area (Å²) in [7, 11) is 1.59. The summed E-state index contributed by atoms with van der Waals surface area (Å²) < 4.78 is 5.37. The number of rotatable bonds is 4. The van der Waals surface area contributed by atoms with Crippen molar-refractivity contribution in [1.29, 1.82) is 0 Å². The van der Waals surface area contributed by atoms with E-state index in [0.29, 0.717) is 11.4 Å². The molecule has 1 aromatic heterocycles. The third kappa shape index (κ3) is 4.59. The Bertz CT molecular complexity index is 768. The zero-order valence-electron chi connectivity index (χ0n) is 14.9. The number of hydrogen-bond donors (Lipinski definition) is 0. The van der Waals surface area contributed by atoms with Gasteiger partial charge in [-0.1, -0.05) is 13.8 Å². The molecule has 25 heavy (non-hydrogen) atoms. The smallest absolute Gasteiger partial charge is 0.128 e. The number of allylic oxidation sites excluding steroid dienone is 1. The molecule has 0 spiro atoms. The van der Waals surface area contributed by atoms with Gasteiger partial charge in [-0.05, 0) is 53.9 Å². The fourth-order valence-electron chi connectivity index (χ4n) is 2.66. The van der Waals surface area contributed by atoms with Crippen molar-refractivity contribution in [1.82, 2.24) is 4.98 Å². The molecule has 0 saturated heterocycles. The fraction of sp³-hybridized carbons (Fsp3) is 0.300. The minimum absolute atomic E-state index is 0.355. The average molecular weight is 337 g/mol. The van der Waals surface area contributed by atoms with Crippen molar-refractivity contribution in [3.63, 3.8) is 0 Å². The molecule has 1 aliphatic rings. The van der Waals surface area contributed by atoms with E-state index in [-0.39, 0.29) is 0 Å². The van der Waals surface area contributed by atoms with E-state index in [1.54, 1.807) is 25.4 Å². The molecule has 0 atom stereocenters. The maximum atomic E-state index is 10.7.